The van der Waals surface area contributed by atoms with E-state index in [9.17, 15) is 0 Å². The standard InChI is InChI=1S/C26H28N2O/c1-21-20-26(24-16-8-9-17-25(24)27-21)29-19-10-3-2-5-12-23-15-11-18-28(23)22-13-6-4-7-14-22/h4,6-9,11,13-18,20H,2-3,5,10,12,19H2,1H3. The van der Waals surface area contributed by atoms with E-state index in [1.165, 1.54) is 30.6 Å². The number of pyridine rings is 1. The van der Waals surface area contributed by atoms with Gasteiger partial charge in [-0.1, -0.05) is 43.2 Å². The van der Waals surface area contributed by atoms with Crippen LogP contribution in [0.25, 0.3) is 16.6 Å². The second kappa shape index (κ2) is 9.42. The predicted octanol–water partition coefficient (Wildman–Crippen LogP) is 6.52. The number of aryl methyl sites for hydroxylation is 2. The van der Waals surface area contributed by atoms with Crippen molar-refractivity contribution < 1.29 is 4.74 Å². The fourth-order valence-corrected chi connectivity index (χ4v) is 3.79. The van der Waals surface area contributed by atoms with E-state index in [0.717, 1.165) is 41.8 Å². The maximum absolute atomic E-state index is 6.09. The highest BCUT2D eigenvalue weighted by molar-refractivity contribution is 5.85. The van der Waals surface area contributed by atoms with Crippen LogP contribution in [0.15, 0.2) is 79.0 Å². The molecule has 0 fully saturated rings. The van der Waals surface area contributed by atoms with E-state index in [4.69, 9.17) is 4.74 Å². The minimum atomic E-state index is 0.758. The first-order valence-corrected chi connectivity index (χ1v) is 10.5. The van der Waals surface area contributed by atoms with Gasteiger partial charge in [-0.15, -0.1) is 0 Å². The molecule has 29 heavy (non-hydrogen) atoms. The first kappa shape index (κ1) is 19.3. The third kappa shape index (κ3) is 4.86. The highest BCUT2D eigenvalue weighted by atomic mass is 16.5. The predicted molar refractivity (Wildman–Crippen MR) is 120 cm³/mol. The van der Waals surface area contributed by atoms with Gasteiger partial charge in [0.2, 0.25) is 0 Å². The third-order valence-corrected chi connectivity index (χ3v) is 5.26. The zero-order chi connectivity index (χ0) is 19.9. The molecule has 2 aromatic heterocycles. The molecule has 4 aromatic rings. The van der Waals surface area contributed by atoms with E-state index in [1.54, 1.807) is 0 Å². The number of fused-ring (bicyclic) bond motifs is 1. The first-order valence-electron chi connectivity index (χ1n) is 10.5. The molecule has 2 heterocycles. The van der Waals surface area contributed by atoms with E-state index in [-0.39, 0.29) is 0 Å². The summed E-state index contributed by atoms with van der Waals surface area (Å²) in [4.78, 5) is 4.58. The number of ether oxygens (including phenoxy) is 1. The minimum Gasteiger partial charge on any atom is -0.493 e. The average Bonchev–Trinajstić information content (AvgIpc) is 3.22. The molecule has 3 heteroatoms. The Morgan fingerprint density at radius 2 is 1.62 bits per heavy atom. The molecule has 0 N–H and O–H groups in total. The Morgan fingerprint density at radius 1 is 0.828 bits per heavy atom. The quantitative estimate of drug-likeness (QED) is 0.307. The number of nitrogens with zero attached hydrogens (tertiary/aromatic N) is 2. The summed E-state index contributed by atoms with van der Waals surface area (Å²) in [5, 5.41) is 1.10. The molecular weight excluding hydrogens is 356 g/mol. The smallest absolute Gasteiger partial charge is 0.130 e. The number of unbranched alkanes of at least 4 members (excludes halogenated alkanes) is 3. The van der Waals surface area contributed by atoms with E-state index in [0.29, 0.717) is 0 Å². The van der Waals surface area contributed by atoms with Gasteiger partial charge in [0.05, 0.1) is 12.1 Å². The summed E-state index contributed by atoms with van der Waals surface area (Å²) in [6.07, 6.45) is 7.95. The van der Waals surface area contributed by atoms with E-state index >= 15 is 0 Å². The van der Waals surface area contributed by atoms with Crippen molar-refractivity contribution in [2.24, 2.45) is 0 Å². The number of benzene rings is 2. The van der Waals surface area contributed by atoms with Crippen LogP contribution in [0.2, 0.25) is 0 Å². The van der Waals surface area contributed by atoms with Gasteiger partial charge in [-0.3, -0.25) is 4.98 Å². The monoisotopic (exact) mass is 384 g/mol. The lowest BCUT2D eigenvalue weighted by Gasteiger charge is -2.11. The fourth-order valence-electron chi connectivity index (χ4n) is 3.79. The summed E-state index contributed by atoms with van der Waals surface area (Å²) >= 11 is 0. The summed E-state index contributed by atoms with van der Waals surface area (Å²) in [6, 6.07) is 25.1. The van der Waals surface area contributed by atoms with E-state index < -0.39 is 0 Å². The van der Waals surface area contributed by atoms with Gasteiger partial charge in [0.15, 0.2) is 0 Å². The molecule has 0 amide bonds. The highest BCUT2D eigenvalue weighted by Gasteiger charge is 2.05. The Morgan fingerprint density at radius 3 is 2.52 bits per heavy atom. The summed E-state index contributed by atoms with van der Waals surface area (Å²) in [7, 11) is 0. The summed E-state index contributed by atoms with van der Waals surface area (Å²) < 4.78 is 8.38. The second-order valence-electron chi connectivity index (χ2n) is 7.50. The van der Waals surface area contributed by atoms with Crippen molar-refractivity contribution in [2.75, 3.05) is 6.61 Å². The Labute approximate surface area is 173 Å². The molecule has 2 aromatic carbocycles. The lowest BCUT2D eigenvalue weighted by molar-refractivity contribution is 0.307. The van der Waals surface area contributed by atoms with Gasteiger partial charge in [-0.25, -0.2) is 0 Å². The van der Waals surface area contributed by atoms with E-state index in [1.807, 2.05) is 31.2 Å². The minimum absolute atomic E-state index is 0.758. The van der Waals surface area contributed by atoms with Crippen molar-refractivity contribution in [1.29, 1.82) is 0 Å². The fraction of sp³-hybridized carbons (Fsp3) is 0.269. The molecule has 0 unspecified atom stereocenters. The molecule has 0 bridgehead atoms. The highest BCUT2D eigenvalue weighted by Crippen LogP contribution is 2.25. The molecule has 0 atom stereocenters. The van der Waals surface area contributed by atoms with Gasteiger partial charge in [0.25, 0.3) is 0 Å². The Bertz CT molecular complexity index is 1050. The lowest BCUT2D eigenvalue weighted by Crippen LogP contribution is -2.00. The molecule has 0 saturated heterocycles. The molecule has 0 spiro atoms. The third-order valence-electron chi connectivity index (χ3n) is 5.26. The summed E-state index contributed by atoms with van der Waals surface area (Å²) in [5.74, 6) is 0.953. The molecular formula is C26H28N2O. The molecule has 4 rings (SSSR count). The SMILES string of the molecule is Cc1cc(OCCCCCCc2cccn2-c2ccccc2)c2ccccc2n1. The molecule has 0 aliphatic heterocycles. The van der Waals surface area contributed by atoms with Crippen LogP contribution in [0.5, 0.6) is 5.75 Å². The Kier molecular flexibility index (Phi) is 6.25. The summed E-state index contributed by atoms with van der Waals surface area (Å²) in [5.41, 5.74) is 4.62. The maximum atomic E-state index is 6.09. The first-order chi connectivity index (χ1) is 14.3. The normalized spacial score (nSPS) is 11.1. The number of hydrogen-bond donors (Lipinski definition) is 0. The number of rotatable bonds is 9. The molecule has 0 saturated carbocycles. The number of para-hydroxylation sites is 2. The van der Waals surface area contributed by atoms with Crippen LogP contribution < -0.4 is 4.74 Å². The lowest BCUT2D eigenvalue weighted by atomic mass is 10.1. The van der Waals surface area contributed by atoms with Crippen LogP contribution >= 0.6 is 0 Å². The molecule has 148 valence electrons. The van der Waals surface area contributed by atoms with Crippen LogP contribution in [0.4, 0.5) is 0 Å². The van der Waals surface area contributed by atoms with Gasteiger partial charge in [0.1, 0.15) is 5.75 Å². The van der Waals surface area contributed by atoms with Gasteiger partial charge in [-0.05, 0) is 62.6 Å². The number of hydrogen-bond acceptors (Lipinski definition) is 2. The van der Waals surface area contributed by atoms with Gasteiger partial charge in [0, 0.05) is 34.7 Å². The zero-order valence-electron chi connectivity index (χ0n) is 17.1. The van der Waals surface area contributed by atoms with Crippen molar-refractivity contribution in [1.82, 2.24) is 9.55 Å². The van der Waals surface area contributed by atoms with Crippen LogP contribution in [0, 0.1) is 6.92 Å². The van der Waals surface area contributed by atoms with Crippen LogP contribution in [0.3, 0.4) is 0 Å². The Hall–Kier alpha value is -3.07. The van der Waals surface area contributed by atoms with Crippen molar-refractivity contribution in [3.63, 3.8) is 0 Å². The maximum Gasteiger partial charge on any atom is 0.130 e. The molecule has 3 nitrogen and oxygen atoms in total. The van der Waals surface area contributed by atoms with Crippen molar-refractivity contribution in [2.45, 2.75) is 39.0 Å². The van der Waals surface area contributed by atoms with Crippen molar-refractivity contribution in [3.8, 4) is 11.4 Å². The van der Waals surface area contributed by atoms with Gasteiger partial charge < -0.3 is 9.30 Å². The van der Waals surface area contributed by atoms with Crippen LogP contribution in [0.1, 0.15) is 37.1 Å². The number of aromatic nitrogens is 2. The van der Waals surface area contributed by atoms with Crippen LogP contribution in [-0.2, 0) is 6.42 Å². The average molecular weight is 385 g/mol. The van der Waals surface area contributed by atoms with Crippen LogP contribution in [-0.4, -0.2) is 16.2 Å². The Balaban J connectivity index is 1.22. The second-order valence-corrected chi connectivity index (χ2v) is 7.50. The zero-order valence-corrected chi connectivity index (χ0v) is 17.1. The molecule has 0 aliphatic carbocycles. The van der Waals surface area contributed by atoms with Crippen molar-refractivity contribution in [3.05, 3.63) is 90.4 Å². The summed E-state index contributed by atoms with van der Waals surface area (Å²) in [6.45, 7) is 2.78. The largest absolute Gasteiger partial charge is 0.493 e. The molecule has 0 radical (unpaired) electrons. The topological polar surface area (TPSA) is 27.1 Å². The molecule has 0 aliphatic rings. The van der Waals surface area contributed by atoms with Crippen molar-refractivity contribution >= 4 is 10.9 Å². The van der Waals surface area contributed by atoms with E-state index in [2.05, 4.69) is 64.3 Å². The van der Waals surface area contributed by atoms with Gasteiger partial charge in [-0.2, -0.15) is 0 Å². The van der Waals surface area contributed by atoms with Gasteiger partial charge >= 0.3 is 0 Å².